The first-order valence-corrected chi connectivity index (χ1v) is 6.62. The number of piperazine rings is 1. The number of carbonyl (C=O) groups is 2. The van der Waals surface area contributed by atoms with Crippen molar-refractivity contribution in [1.29, 1.82) is 0 Å². The summed E-state index contributed by atoms with van der Waals surface area (Å²) in [5, 5.41) is 6.16. The molecule has 104 valence electrons. The largest absolute Gasteiger partial charge is 0.370 e. The Kier molecular flexibility index (Phi) is 6.67. The molecule has 18 heavy (non-hydrogen) atoms. The molecule has 0 saturated carbocycles. The normalized spacial score (nSPS) is 18.3. The van der Waals surface area contributed by atoms with E-state index in [1.165, 1.54) is 0 Å². The van der Waals surface area contributed by atoms with E-state index in [0.717, 1.165) is 39.0 Å². The molecule has 0 aliphatic carbocycles. The minimum absolute atomic E-state index is 0.0657. The summed E-state index contributed by atoms with van der Waals surface area (Å²) in [6, 6.07) is -0.0803. The smallest absolute Gasteiger partial charge is 0.237 e. The zero-order valence-corrected chi connectivity index (χ0v) is 11.1. The van der Waals surface area contributed by atoms with E-state index in [1.54, 1.807) is 0 Å². The Morgan fingerprint density at radius 3 is 2.61 bits per heavy atom. The van der Waals surface area contributed by atoms with Crippen molar-refractivity contribution in [3.05, 3.63) is 0 Å². The molecule has 1 saturated heterocycles. The van der Waals surface area contributed by atoms with E-state index in [4.69, 9.17) is 5.73 Å². The van der Waals surface area contributed by atoms with E-state index < -0.39 is 0 Å². The number of hydrogen-bond acceptors (Lipinski definition) is 4. The number of primary amides is 1. The third-order valence-electron chi connectivity index (χ3n) is 3.23. The Hall–Kier alpha value is -1.14. The van der Waals surface area contributed by atoms with Crippen molar-refractivity contribution < 1.29 is 9.59 Å². The molecule has 6 nitrogen and oxygen atoms in total. The van der Waals surface area contributed by atoms with Crippen LogP contribution in [0.1, 0.15) is 26.2 Å². The topological polar surface area (TPSA) is 87.5 Å². The van der Waals surface area contributed by atoms with Gasteiger partial charge in [-0.25, -0.2) is 0 Å². The monoisotopic (exact) mass is 256 g/mol. The Labute approximate surface area is 108 Å². The zero-order valence-electron chi connectivity index (χ0n) is 11.1. The summed E-state index contributed by atoms with van der Waals surface area (Å²) in [7, 11) is 0. The van der Waals surface area contributed by atoms with Crippen LogP contribution in [0.15, 0.2) is 0 Å². The second kappa shape index (κ2) is 8.05. The molecule has 1 rings (SSSR count). The SMILES string of the molecule is CC(C(=O)NCCCCC(N)=O)N1CCNCC1. The van der Waals surface area contributed by atoms with Crippen LogP contribution in [0.25, 0.3) is 0 Å². The highest BCUT2D eigenvalue weighted by Crippen LogP contribution is 2.01. The van der Waals surface area contributed by atoms with Gasteiger partial charge in [0.05, 0.1) is 6.04 Å². The van der Waals surface area contributed by atoms with Gasteiger partial charge in [0.1, 0.15) is 0 Å². The lowest BCUT2D eigenvalue weighted by atomic mass is 10.2. The minimum atomic E-state index is -0.282. The molecule has 0 spiro atoms. The van der Waals surface area contributed by atoms with Gasteiger partial charge in [0, 0.05) is 39.1 Å². The average molecular weight is 256 g/mol. The summed E-state index contributed by atoms with van der Waals surface area (Å²) in [6.07, 6.45) is 1.92. The van der Waals surface area contributed by atoms with Gasteiger partial charge < -0.3 is 16.4 Å². The number of nitrogens with two attached hydrogens (primary N) is 1. The number of unbranched alkanes of at least 4 members (excludes halogenated alkanes) is 1. The van der Waals surface area contributed by atoms with Crippen molar-refractivity contribution in [3.63, 3.8) is 0 Å². The van der Waals surface area contributed by atoms with Crippen LogP contribution in [-0.4, -0.2) is 55.5 Å². The van der Waals surface area contributed by atoms with Crippen LogP contribution in [-0.2, 0) is 9.59 Å². The van der Waals surface area contributed by atoms with Gasteiger partial charge in [-0.2, -0.15) is 0 Å². The van der Waals surface area contributed by atoms with Crippen LogP contribution in [0.5, 0.6) is 0 Å². The molecular formula is C12H24N4O2. The Balaban J connectivity index is 2.13. The number of nitrogens with zero attached hydrogens (tertiary/aromatic N) is 1. The van der Waals surface area contributed by atoms with E-state index in [1.807, 2.05) is 6.92 Å². The van der Waals surface area contributed by atoms with Crippen LogP contribution in [0, 0.1) is 0 Å². The van der Waals surface area contributed by atoms with Gasteiger partial charge in [-0.15, -0.1) is 0 Å². The van der Waals surface area contributed by atoms with Crippen LogP contribution >= 0.6 is 0 Å². The molecule has 2 amide bonds. The first-order chi connectivity index (χ1) is 8.61. The summed E-state index contributed by atoms with van der Waals surface area (Å²) < 4.78 is 0. The average Bonchev–Trinajstić information content (AvgIpc) is 2.38. The molecule has 6 heteroatoms. The second-order valence-corrected chi connectivity index (χ2v) is 4.68. The fourth-order valence-electron chi connectivity index (χ4n) is 2.02. The lowest BCUT2D eigenvalue weighted by Gasteiger charge is -2.31. The zero-order chi connectivity index (χ0) is 13.4. The number of amides is 2. The van der Waals surface area contributed by atoms with Crippen LogP contribution in [0.2, 0.25) is 0 Å². The van der Waals surface area contributed by atoms with Crippen molar-refractivity contribution in [3.8, 4) is 0 Å². The molecule has 1 aliphatic heterocycles. The van der Waals surface area contributed by atoms with Crippen molar-refractivity contribution in [2.24, 2.45) is 5.73 Å². The molecule has 1 fully saturated rings. The summed E-state index contributed by atoms with van der Waals surface area (Å²) in [4.78, 5) is 24.6. The Bertz CT molecular complexity index is 277. The molecular weight excluding hydrogens is 232 g/mol. The van der Waals surface area contributed by atoms with Crippen molar-refractivity contribution in [2.75, 3.05) is 32.7 Å². The first kappa shape index (κ1) is 14.9. The number of hydrogen-bond donors (Lipinski definition) is 3. The standard InChI is InChI=1S/C12H24N4O2/c1-10(16-8-6-14-7-9-16)12(18)15-5-3-2-4-11(13)17/h10,14H,2-9H2,1H3,(H2,13,17)(H,15,18). The van der Waals surface area contributed by atoms with E-state index in [0.29, 0.717) is 13.0 Å². The molecule has 0 bridgehead atoms. The van der Waals surface area contributed by atoms with Gasteiger partial charge >= 0.3 is 0 Å². The van der Waals surface area contributed by atoms with Crippen LogP contribution in [0.3, 0.4) is 0 Å². The van der Waals surface area contributed by atoms with E-state index in [-0.39, 0.29) is 17.9 Å². The van der Waals surface area contributed by atoms with Gasteiger partial charge in [0.15, 0.2) is 0 Å². The van der Waals surface area contributed by atoms with Gasteiger partial charge in [-0.05, 0) is 19.8 Å². The lowest BCUT2D eigenvalue weighted by Crippen LogP contribution is -2.52. The van der Waals surface area contributed by atoms with Crippen molar-refractivity contribution in [1.82, 2.24) is 15.5 Å². The fraction of sp³-hybridized carbons (Fsp3) is 0.833. The summed E-state index contributed by atoms with van der Waals surface area (Å²) >= 11 is 0. The molecule has 0 aromatic carbocycles. The van der Waals surface area contributed by atoms with Gasteiger partial charge in [0.2, 0.25) is 11.8 Å². The number of nitrogens with one attached hydrogen (secondary N) is 2. The summed E-state index contributed by atoms with van der Waals surface area (Å²) in [5.74, 6) is -0.216. The molecule has 4 N–H and O–H groups in total. The van der Waals surface area contributed by atoms with Gasteiger partial charge in [-0.3, -0.25) is 14.5 Å². The van der Waals surface area contributed by atoms with E-state index in [2.05, 4.69) is 15.5 Å². The predicted octanol–water partition coefficient (Wildman–Crippen LogP) is -0.948. The van der Waals surface area contributed by atoms with E-state index in [9.17, 15) is 9.59 Å². The maximum atomic E-state index is 11.9. The highest BCUT2D eigenvalue weighted by Gasteiger charge is 2.21. The maximum absolute atomic E-state index is 11.9. The molecule has 0 radical (unpaired) electrons. The number of rotatable bonds is 7. The van der Waals surface area contributed by atoms with Crippen LogP contribution in [0.4, 0.5) is 0 Å². The van der Waals surface area contributed by atoms with Crippen molar-refractivity contribution >= 4 is 11.8 Å². The highest BCUT2D eigenvalue weighted by molar-refractivity contribution is 5.81. The lowest BCUT2D eigenvalue weighted by molar-refractivity contribution is -0.126. The Morgan fingerprint density at radius 1 is 1.33 bits per heavy atom. The predicted molar refractivity (Wildman–Crippen MR) is 70.0 cm³/mol. The maximum Gasteiger partial charge on any atom is 0.237 e. The molecule has 1 unspecified atom stereocenters. The molecule has 1 atom stereocenters. The molecule has 1 heterocycles. The number of carbonyl (C=O) groups excluding carboxylic acids is 2. The minimum Gasteiger partial charge on any atom is -0.370 e. The molecule has 1 aliphatic rings. The first-order valence-electron chi connectivity index (χ1n) is 6.62. The quantitative estimate of drug-likeness (QED) is 0.513. The highest BCUT2D eigenvalue weighted by atomic mass is 16.2. The Morgan fingerprint density at radius 2 is 2.00 bits per heavy atom. The molecule has 0 aromatic rings. The van der Waals surface area contributed by atoms with E-state index >= 15 is 0 Å². The fourth-order valence-corrected chi connectivity index (χ4v) is 2.02. The summed E-state index contributed by atoms with van der Waals surface area (Å²) in [5.41, 5.74) is 5.04. The van der Waals surface area contributed by atoms with Gasteiger partial charge in [-0.1, -0.05) is 0 Å². The molecule has 0 aromatic heterocycles. The van der Waals surface area contributed by atoms with Gasteiger partial charge in [0.25, 0.3) is 0 Å². The third-order valence-corrected chi connectivity index (χ3v) is 3.23. The second-order valence-electron chi connectivity index (χ2n) is 4.68. The van der Waals surface area contributed by atoms with Crippen molar-refractivity contribution in [2.45, 2.75) is 32.2 Å². The van der Waals surface area contributed by atoms with Crippen LogP contribution < -0.4 is 16.4 Å². The third kappa shape index (κ3) is 5.46. The summed E-state index contributed by atoms with van der Waals surface area (Å²) in [6.45, 7) is 6.26.